The molecule has 0 heterocycles. The number of aliphatic hydroxyl groups excluding tert-OH is 1. The van der Waals surface area contributed by atoms with Crippen molar-refractivity contribution in [3.05, 3.63) is 23.8 Å². The number of nitrogens with one attached hydrogen (secondary N) is 1. The Morgan fingerprint density at radius 1 is 1.25 bits per heavy atom. The molecule has 114 valence electrons. The van der Waals surface area contributed by atoms with Crippen molar-refractivity contribution in [3.63, 3.8) is 0 Å². The summed E-state index contributed by atoms with van der Waals surface area (Å²) in [5, 5.41) is 8.57. The number of hydrogen-bond donors (Lipinski definition) is 3. The number of anilines is 1. The Balaban J connectivity index is 2.63. The average molecular weight is 326 g/mol. The second-order valence-corrected chi connectivity index (χ2v) is 6.85. The monoisotopic (exact) mass is 326 g/mol. The summed E-state index contributed by atoms with van der Waals surface area (Å²) >= 11 is 1.46. The molecule has 5 nitrogen and oxygen atoms in total. The predicted octanol–water partition coefficient (Wildman–Crippen LogP) is 0.941. The van der Waals surface area contributed by atoms with Gasteiger partial charge in [-0.3, -0.25) is 0 Å². The Hall–Kier alpha value is -0.900. The summed E-state index contributed by atoms with van der Waals surface area (Å²) in [4.78, 5) is -0.670. The molecule has 0 unspecified atom stereocenters. The fourth-order valence-corrected chi connectivity index (χ4v) is 3.38. The molecule has 0 aliphatic heterocycles. The van der Waals surface area contributed by atoms with Crippen LogP contribution in [0.4, 0.5) is 14.5 Å². The van der Waals surface area contributed by atoms with E-state index in [0.29, 0.717) is 24.0 Å². The third-order valence-corrected chi connectivity index (χ3v) is 4.87. The standard InChI is InChI=1S/C11H16F2N2O3S2/c12-8-6-9(13)11(7-10(8)14)20(17,18)15-2-5-19-4-1-3-16/h6-7,15-16H,1-5,14H2. The first kappa shape index (κ1) is 17.2. The number of nitrogens with two attached hydrogens (primary N) is 1. The van der Waals surface area contributed by atoms with E-state index in [1.807, 2.05) is 0 Å². The van der Waals surface area contributed by atoms with Crippen LogP contribution in [-0.4, -0.2) is 38.2 Å². The van der Waals surface area contributed by atoms with Crippen LogP contribution < -0.4 is 10.5 Å². The maximum atomic E-state index is 13.5. The smallest absolute Gasteiger partial charge is 0.243 e. The summed E-state index contributed by atoms with van der Waals surface area (Å²) < 4.78 is 52.3. The molecule has 1 aromatic carbocycles. The van der Waals surface area contributed by atoms with Gasteiger partial charge in [-0.25, -0.2) is 21.9 Å². The van der Waals surface area contributed by atoms with Crippen molar-refractivity contribution in [1.82, 2.24) is 4.72 Å². The summed E-state index contributed by atoms with van der Waals surface area (Å²) in [6, 6.07) is 1.20. The minimum atomic E-state index is -4.06. The number of thioether (sulfide) groups is 1. The number of nitrogen functional groups attached to an aromatic ring is 1. The molecule has 0 spiro atoms. The molecule has 1 rings (SSSR count). The van der Waals surface area contributed by atoms with E-state index < -0.39 is 32.2 Å². The van der Waals surface area contributed by atoms with Crippen LogP contribution in [-0.2, 0) is 10.0 Å². The molecule has 0 aliphatic rings. The van der Waals surface area contributed by atoms with E-state index in [-0.39, 0.29) is 13.2 Å². The molecule has 9 heteroatoms. The lowest BCUT2D eigenvalue weighted by Crippen LogP contribution is -2.27. The number of benzene rings is 1. The highest BCUT2D eigenvalue weighted by molar-refractivity contribution is 7.99. The predicted molar refractivity (Wildman–Crippen MR) is 75.0 cm³/mol. The van der Waals surface area contributed by atoms with Crippen molar-refractivity contribution in [3.8, 4) is 0 Å². The summed E-state index contributed by atoms with van der Waals surface area (Å²) in [5.41, 5.74) is 4.81. The molecule has 0 aliphatic carbocycles. The van der Waals surface area contributed by atoms with Gasteiger partial charge in [0.15, 0.2) is 0 Å². The van der Waals surface area contributed by atoms with Gasteiger partial charge < -0.3 is 10.8 Å². The largest absolute Gasteiger partial charge is 0.396 e. The summed E-state index contributed by atoms with van der Waals surface area (Å²) in [5.74, 6) is -0.994. The van der Waals surface area contributed by atoms with Gasteiger partial charge in [0.1, 0.15) is 16.5 Å². The molecular weight excluding hydrogens is 310 g/mol. The van der Waals surface area contributed by atoms with E-state index in [9.17, 15) is 17.2 Å². The maximum Gasteiger partial charge on any atom is 0.243 e. The highest BCUT2D eigenvalue weighted by Gasteiger charge is 2.20. The van der Waals surface area contributed by atoms with Gasteiger partial charge in [0.2, 0.25) is 10.0 Å². The molecule has 1 aromatic rings. The van der Waals surface area contributed by atoms with Gasteiger partial charge in [-0.2, -0.15) is 11.8 Å². The van der Waals surface area contributed by atoms with E-state index in [1.54, 1.807) is 0 Å². The molecule has 0 saturated heterocycles. The Bertz CT molecular complexity index is 553. The van der Waals surface area contributed by atoms with Crippen molar-refractivity contribution >= 4 is 27.5 Å². The first-order chi connectivity index (χ1) is 9.38. The van der Waals surface area contributed by atoms with Crippen LogP contribution in [0.1, 0.15) is 6.42 Å². The van der Waals surface area contributed by atoms with E-state index in [1.165, 1.54) is 11.8 Å². The van der Waals surface area contributed by atoms with Crippen molar-refractivity contribution in [1.29, 1.82) is 0 Å². The number of halogens is 2. The molecule has 0 radical (unpaired) electrons. The van der Waals surface area contributed by atoms with Crippen molar-refractivity contribution in [2.75, 3.05) is 30.4 Å². The van der Waals surface area contributed by atoms with Crippen molar-refractivity contribution < 1.29 is 22.3 Å². The Morgan fingerprint density at radius 2 is 1.95 bits per heavy atom. The highest BCUT2D eigenvalue weighted by atomic mass is 32.2. The van der Waals surface area contributed by atoms with Gasteiger partial charge in [0.25, 0.3) is 0 Å². The first-order valence-electron chi connectivity index (χ1n) is 5.81. The van der Waals surface area contributed by atoms with Crippen molar-refractivity contribution in [2.45, 2.75) is 11.3 Å². The van der Waals surface area contributed by atoms with E-state index in [0.717, 1.165) is 6.07 Å². The molecule has 20 heavy (non-hydrogen) atoms. The number of rotatable bonds is 8. The zero-order valence-corrected chi connectivity index (χ0v) is 12.2. The topological polar surface area (TPSA) is 92.4 Å². The lowest BCUT2D eigenvalue weighted by atomic mass is 10.3. The molecule has 0 saturated carbocycles. The number of sulfonamides is 1. The van der Waals surface area contributed by atoms with Crippen molar-refractivity contribution in [2.24, 2.45) is 0 Å². The third kappa shape index (κ3) is 4.89. The molecule has 0 amide bonds. The second kappa shape index (κ2) is 7.77. The highest BCUT2D eigenvalue weighted by Crippen LogP contribution is 2.20. The second-order valence-electron chi connectivity index (χ2n) is 3.89. The van der Waals surface area contributed by atoms with Gasteiger partial charge in [0.05, 0.1) is 5.69 Å². The zero-order chi connectivity index (χ0) is 15.2. The fourth-order valence-electron chi connectivity index (χ4n) is 1.35. The lowest BCUT2D eigenvalue weighted by Gasteiger charge is -2.08. The quantitative estimate of drug-likeness (QED) is 0.488. The van der Waals surface area contributed by atoms with Crippen LogP contribution in [0.3, 0.4) is 0 Å². The minimum absolute atomic E-state index is 0.0821. The third-order valence-electron chi connectivity index (χ3n) is 2.33. The molecule has 0 bridgehead atoms. The van der Waals surface area contributed by atoms with Crippen LogP contribution in [0.5, 0.6) is 0 Å². The van der Waals surface area contributed by atoms with Gasteiger partial charge in [-0.15, -0.1) is 0 Å². The molecular formula is C11H16F2N2O3S2. The van der Waals surface area contributed by atoms with E-state index in [4.69, 9.17) is 10.8 Å². The summed E-state index contributed by atoms with van der Waals surface area (Å²) in [7, 11) is -4.06. The molecule has 0 atom stereocenters. The summed E-state index contributed by atoms with van der Waals surface area (Å²) in [6.45, 7) is 0.188. The van der Waals surface area contributed by atoms with E-state index in [2.05, 4.69) is 4.72 Å². The van der Waals surface area contributed by atoms with Gasteiger partial charge in [0, 0.05) is 25.0 Å². The Kier molecular flexibility index (Phi) is 6.66. The Labute approximate surface area is 120 Å². The van der Waals surface area contributed by atoms with Crippen LogP contribution in [0, 0.1) is 11.6 Å². The number of aliphatic hydroxyl groups is 1. The van der Waals surface area contributed by atoms with Crippen LogP contribution in [0.15, 0.2) is 17.0 Å². The van der Waals surface area contributed by atoms with Crippen LogP contribution in [0.25, 0.3) is 0 Å². The summed E-state index contributed by atoms with van der Waals surface area (Å²) in [6.07, 6.45) is 0.626. The minimum Gasteiger partial charge on any atom is -0.396 e. The van der Waals surface area contributed by atoms with E-state index >= 15 is 0 Å². The molecule has 4 N–H and O–H groups in total. The average Bonchev–Trinajstić information content (AvgIpc) is 2.37. The first-order valence-corrected chi connectivity index (χ1v) is 8.45. The number of hydrogen-bond acceptors (Lipinski definition) is 5. The van der Waals surface area contributed by atoms with Gasteiger partial charge in [-0.1, -0.05) is 0 Å². The fraction of sp³-hybridized carbons (Fsp3) is 0.455. The normalized spacial score (nSPS) is 11.8. The molecule has 0 fully saturated rings. The molecule has 0 aromatic heterocycles. The van der Waals surface area contributed by atoms with Gasteiger partial charge in [-0.05, 0) is 18.2 Å². The SMILES string of the molecule is Nc1cc(S(=O)(=O)NCCSCCCO)c(F)cc1F. The maximum absolute atomic E-state index is 13.5. The van der Waals surface area contributed by atoms with Gasteiger partial charge >= 0.3 is 0 Å². The lowest BCUT2D eigenvalue weighted by molar-refractivity contribution is 0.296. The van der Waals surface area contributed by atoms with Crippen LogP contribution >= 0.6 is 11.8 Å². The Morgan fingerprint density at radius 3 is 2.60 bits per heavy atom. The zero-order valence-electron chi connectivity index (χ0n) is 10.6. The van der Waals surface area contributed by atoms with Crippen LogP contribution in [0.2, 0.25) is 0 Å².